The van der Waals surface area contributed by atoms with Gasteiger partial charge in [-0.05, 0) is 37.4 Å². The van der Waals surface area contributed by atoms with Crippen molar-refractivity contribution < 1.29 is 14.4 Å². The molecule has 0 saturated heterocycles. The molecule has 1 rings (SSSR count). The van der Waals surface area contributed by atoms with E-state index in [1.165, 1.54) is 12.1 Å². The molecular formula is C14H21FN2O3. The van der Waals surface area contributed by atoms with Gasteiger partial charge < -0.3 is 10.4 Å². The molecule has 0 aliphatic carbocycles. The van der Waals surface area contributed by atoms with Crippen LogP contribution in [0.1, 0.15) is 31.7 Å². The Morgan fingerprint density at radius 3 is 2.80 bits per heavy atom. The minimum absolute atomic E-state index is 0.0758. The van der Waals surface area contributed by atoms with E-state index >= 15 is 0 Å². The highest BCUT2D eigenvalue weighted by Gasteiger charge is 2.14. The second kappa shape index (κ2) is 8.60. The van der Waals surface area contributed by atoms with Crippen LogP contribution in [0.25, 0.3) is 0 Å². The van der Waals surface area contributed by atoms with Crippen molar-refractivity contribution in [2.24, 2.45) is 5.92 Å². The highest BCUT2D eigenvalue weighted by atomic mass is 19.1. The fraction of sp³-hybridized carbons (Fsp3) is 0.571. The molecule has 0 aromatic heterocycles. The Hall–Kier alpha value is -1.53. The Morgan fingerprint density at radius 1 is 1.45 bits per heavy atom. The van der Waals surface area contributed by atoms with Crippen molar-refractivity contribution in [3.8, 4) is 0 Å². The maximum Gasteiger partial charge on any atom is 0.274 e. The molecule has 0 saturated carbocycles. The third-order valence-corrected chi connectivity index (χ3v) is 3.22. The lowest BCUT2D eigenvalue weighted by atomic mass is 10.00. The lowest BCUT2D eigenvalue weighted by molar-refractivity contribution is -0.385. The van der Waals surface area contributed by atoms with Gasteiger partial charge in [0.05, 0.1) is 4.92 Å². The zero-order chi connectivity index (χ0) is 15.0. The normalized spacial score (nSPS) is 12.3. The molecule has 1 atom stereocenters. The van der Waals surface area contributed by atoms with Crippen molar-refractivity contribution >= 4 is 5.69 Å². The third kappa shape index (κ3) is 5.22. The summed E-state index contributed by atoms with van der Waals surface area (Å²) in [4.78, 5) is 10.4. The van der Waals surface area contributed by atoms with E-state index in [1.54, 1.807) is 0 Å². The quantitative estimate of drug-likeness (QED) is 0.540. The molecule has 6 heteroatoms. The van der Waals surface area contributed by atoms with E-state index in [1.807, 2.05) is 0 Å². The molecular weight excluding hydrogens is 263 g/mol. The molecule has 0 heterocycles. The van der Waals surface area contributed by atoms with Crippen LogP contribution in [-0.2, 0) is 6.54 Å². The Morgan fingerprint density at radius 2 is 2.20 bits per heavy atom. The van der Waals surface area contributed by atoms with Crippen LogP contribution < -0.4 is 5.32 Å². The van der Waals surface area contributed by atoms with Gasteiger partial charge in [-0.15, -0.1) is 0 Å². The van der Waals surface area contributed by atoms with Crippen LogP contribution in [0.4, 0.5) is 10.1 Å². The van der Waals surface area contributed by atoms with E-state index in [2.05, 4.69) is 12.2 Å². The lowest BCUT2D eigenvalue weighted by Crippen LogP contribution is -2.23. The van der Waals surface area contributed by atoms with Crippen molar-refractivity contribution in [2.45, 2.75) is 32.7 Å². The second-order valence-electron chi connectivity index (χ2n) is 4.83. The van der Waals surface area contributed by atoms with Gasteiger partial charge in [0, 0.05) is 24.8 Å². The predicted octanol–water partition coefficient (Wildman–Crippen LogP) is 2.62. The molecule has 1 unspecified atom stereocenters. The molecule has 0 spiro atoms. The summed E-state index contributed by atoms with van der Waals surface area (Å²) in [7, 11) is 0. The van der Waals surface area contributed by atoms with Crippen LogP contribution in [-0.4, -0.2) is 23.2 Å². The van der Waals surface area contributed by atoms with Gasteiger partial charge >= 0.3 is 0 Å². The van der Waals surface area contributed by atoms with Crippen LogP contribution >= 0.6 is 0 Å². The summed E-state index contributed by atoms with van der Waals surface area (Å²) >= 11 is 0. The molecule has 1 aromatic rings. The van der Waals surface area contributed by atoms with Crippen molar-refractivity contribution in [1.29, 1.82) is 0 Å². The predicted molar refractivity (Wildman–Crippen MR) is 74.9 cm³/mol. The van der Waals surface area contributed by atoms with Gasteiger partial charge in [-0.3, -0.25) is 10.1 Å². The number of nitrogens with one attached hydrogen (secondary N) is 1. The molecule has 0 fully saturated rings. The minimum atomic E-state index is -0.506. The number of hydrogen-bond acceptors (Lipinski definition) is 4. The molecule has 20 heavy (non-hydrogen) atoms. The maximum atomic E-state index is 13.2. The fourth-order valence-electron chi connectivity index (χ4n) is 2.22. The number of nitro groups is 1. The molecule has 0 bridgehead atoms. The number of nitrogens with zero attached hydrogens (tertiary/aromatic N) is 1. The molecule has 0 aliphatic rings. The summed E-state index contributed by atoms with van der Waals surface area (Å²) in [5, 5.41) is 22.9. The Bertz CT molecular complexity index is 434. The Labute approximate surface area is 118 Å². The monoisotopic (exact) mass is 284 g/mol. The zero-order valence-corrected chi connectivity index (χ0v) is 11.6. The molecule has 112 valence electrons. The number of aliphatic hydroxyl groups excluding tert-OH is 1. The topological polar surface area (TPSA) is 75.4 Å². The fourth-order valence-corrected chi connectivity index (χ4v) is 2.22. The van der Waals surface area contributed by atoms with Gasteiger partial charge in [0.15, 0.2) is 0 Å². The van der Waals surface area contributed by atoms with E-state index in [0.717, 1.165) is 18.9 Å². The molecule has 5 nitrogen and oxygen atoms in total. The summed E-state index contributed by atoms with van der Waals surface area (Å²) in [5.74, 6) is -0.148. The van der Waals surface area contributed by atoms with Gasteiger partial charge in [0.1, 0.15) is 5.82 Å². The summed E-state index contributed by atoms with van der Waals surface area (Å²) in [6, 6.07) is 3.46. The summed E-state index contributed by atoms with van der Waals surface area (Å²) in [5.41, 5.74) is 0.266. The molecule has 1 aromatic carbocycles. The van der Waals surface area contributed by atoms with E-state index in [9.17, 15) is 14.5 Å². The van der Waals surface area contributed by atoms with E-state index in [-0.39, 0.29) is 18.8 Å². The number of halogens is 1. The van der Waals surface area contributed by atoms with Crippen molar-refractivity contribution in [1.82, 2.24) is 5.32 Å². The van der Waals surface area contributed by atoms with Crippen molar-refractivity contribution in [3.63, 3.8) is 0 Å². The number of hydrogen-bond donors (Lipinski definition) is 2. The maximum absolute atomic E-state index is 13.2. The number of aliphatic hydroxyl groups is 1. The summed E-state index contributed by atoms with van der Waals surface area (Å²) in [6.45, 7) is 3.11. The highest BCUT2D eigenvalue weighted by molar-refractivity contribution is 5.40. The smallest absolute Gasteiger partial charge is 0.274 e. The van der Waals surface area contributed by atoms with Gasteiger partial charge in [-0.25, -0.2) is 4.39 Å². The SMILES string of the molecule is CCCC(CCO)CNCc1cc(F)ccc1[N+](=O)[O-]. The first-order valence-electron chi connectivity index (χ1n) is 6.82. The zero-order valence-electron chi connectivity index (χ0n) is 11.6. The molecule has 0 aliphatic heterocycles. The van der Waals surface area contributed by atoms with Crippen LogP contribution in [0.15, 0.2) is 18.2 Å². The first-order valence-corrected chi connectivity index (χ1v) is 6.82. The molecule has 2 N–H and O–H groups in total. The number of nitro benzene ring substituents is 1. The Kier molecular flexibility index (Phi) is 7.11. The Balaban J connectivity index is 2.60. The third-order valence-electron chi connectivity index (χ3n) is 3.22. The highest BCUT2D eigenvalue weighted by Crippen LogP contribution is 2.19. The van der Waals surface area contributed by atoms with Crippen LogP contribution in [0.5, 0.6) is 0 Å². The average molecular weight is 284 g/mol. The first-order chi connectivity index (χ1) is 9.58. The summed E-state index contributed by atoms with van der Waals surface area (Å²) < 4.78 is 13.2. The van der Waals surface area contributed by atoms with E-state index in [4.69, 9.17) is 5.11 Å². The van der Waals surface area contributed by atoms with Gasteiger partial charge in [-0.2, -0.15) is 0 Å². The van der Waals surface area contributed by atoms with Crippen molar-refractivity contribution in [2.75, 3.05) is 13.2 Å². The average Bonchev–Trinajstić information content (AvgIpc) is 2.39. The van der Waals surface area contributed by atoms with E-state index in [0.29, 0.717) is 24.4 Å². The van der Waals surface area contributed by atoms with Crippen LogP contribution in [0, 0.1) is 21.8 Å². The lowest BCUT2D eigenvalue weighted by Gasteiger charge is -2.15. The summed E-state index contributed by atoms with van der Waals surface area (Å²) in [6.07, 6.45) is 2.71. The standard InChI is InChI=1S/C14H21FN2O3/c1-2-3-11(6-7-18)9-16-10-12-8-13(15)4-5-14(12)17(19)20/h4-5,8,11,16,18H,2-3,6-7,9-10H2,1H3. The van der Waals surface area contributed by atoms with Crippen LogP contribution in [0.2, 0.25) is 0 Å². The van der Waals surface area contributed by atoms with E-state index < -0.39 is 10.7 Å². The number of rotatable bonds is 9. The van der Waals surface area contributed by atoms with Crippen molar-refractivity contribution in [3.05, 3.63) is 39.7 Å². The van der Waals surface area contributed by atoms with Gasteiger partial charge in [0.25, 0.3) is 5.69 Å². The second-order valence-corrected chi connectivity index (χ2v) is 4.83. The van der Waals surface area contributed by atoms with Crippen LogP contribution in [0.3, 0.4) is 0 Å². The van der Waals surface area contributed by atoms with Gasteiger partial charge in [-0.1, -0.05) is 13.3 Å². The minimum Gasteiger partial charge on any atom is -0.396 e. The molecule has 0 radical (unpaired) electrons. The number of benzene rings is 1. The van der Waals surface area contributed by atoms with Gasteiger partial charge in [0.2, 0.25) is 0 Å². The molecule has 0 amide bonds. The largest absolute Gasteiger partial charge is 0.396 e. The first kappa shape index (κ1) is 16.5.